The third kappa shape index (κ3) is 3.11. The summed E-state index contributed by atoms with van der Waals surface area (Å²) < 4.78 is 0. The summed E-state index contributed by atoms with van der Waals surface area (Å²) in [6, 6.07) is 5.82. The van der Waals surface area contributed by atoms with Gasteiger partial charge in [-0.1, -0.05) is 42.3 Å². The van der Waals surface area contributed by atoms with Crippen LogP contribution in [0.3, 0.4) is 0 Å². The van der Waals surface area contributed by atoms with E-state index in [-0.39, 0.29) is 6.04 Å². The van der Waals surface area contributed by atoms with Gasteiger partial charge in [-0.15, -0.1) is 0 Å². The summed E-state index contributed by atoms with van der Waals surface area (Å²) in [5.74, 6) is 0. The van der Waals surface area contributed by atoms with E-state index in [1.165, 1.54) is 0 Å². The largest absolute Gasteiger partial charge is 0.329 e. The smallest absolute Gasteiger partial charge is 0.0640 e. The van der Waals surface area contributed by atoms with Gasteiger partial charge in [-0.25, -0.2) is 0 Å². The predicted molar refractivity (Wildman–Crippen MR) is 71.2 cm³/mol. The van der Waals surface area contributed by atoms with E-state index < -0.39 is 0 Å². The molecule has 1 aromatic rings. The maximum atomic E-state index is 6.20. The van der Waals surface area contributed by atoms with Crippen LogP contribution >= 0.6 is 23.2 Å². The molecule has 2 N–H and O–H groups in total. The van der Waals surface area contributed by atoms with Crippen LogP contribution in [0, 0.1) is 0 Å². The van der Waals surface area contributed by atoms with E-state index in [1.54, 1.807) is 6.07 Å². The molecular formula is C12H18Cl2N2. The highest BCUT2D eigenvalue weighted by Crippen LogP contribution is 2.31. The molecule has 0 amide bonds. The van der Waals surface area contributed by atoms with Gasteiger partial charge < -0.3 is 5.73 Å². The number of hydrogen-bond acceptors (Lipinski definition) is 2. The van der Waals surface area contributed by atoms with Gasteiger partial charge in [0.2, 0.25) is 0 Å². The minimum atomic E-state index is 0.131. The lowest BCUT2D eigenvalue weighted by molar-refractivity contribution is 0.251. The van der Waals surface area contributed by atoms with Crippen molar-refractivity contribution in [2.24, 2.45) is 5.73 Å². The first kappa shape index (κ1) is 13.8. The van der Waals surface area contributed by atoms with Crippen LogP contribution in [0.25, 0.3) is 0 Å². The molecule has 0 saturated carbocycles. The van der Waals surface area contributed by atoms with E-state index in [4.69, 9.17) is 28.9 Å². The Kier molecular flexibility index (Phi) is 5.56. The van der Waals surface area contributed by atoms with Crippen LogP contribution < -0.4 is 5.73 Å². The monoisotopic (exact) mass is 260 g/mol. The fourth-order valence-electron chi connectivity index (χ4n) is 1.83. The molecule has 0 aromatic heterocycles. The van der Waals surface area contributed by atoms with Crippen molar-refractivity contribution in [2.75, 3.05) is 20.1 Å². The molecule has 90 valence electrons. The lowest BCUT2D eigenvalue weighted by Crippen LogP contribution is -2.31. The zero-order valence-electron chi connectivity index (χ0n) is 9.71. The third-order valence-corrected chi connectivity index (χ3v) is 3.51. The fourth-order valence-corrected chi connectivity index (χ4v) is 2.26. The topological polar surface area (TPSA) is 29.3 Å². The molecule has 0 bridgehead atoms. The zero-order chi connectivity index (χ0) is 12.1. The SMILES string of the molecule is CCCN(C)C(CN)c1cccc(Cl)c1Cl. The van der Waals surface area contributed by atoms with Crippen LogP contribution in [0.2, 0.25) is 10.0 Å². The summed E-state index contributed by atoms with van der Waals surface area (Å²) in [4.78, 5) is 2.21. The lowest BCUT2D eigenvalue weighted by atomic mass is 10.1. The molecule has 1 aromatic carbocycles. The van der Waals surface area contributed by atoms with Crippen LogP contribution in [-0.4, -0.2) is 25.0 Å². The molecular weight excluding hydrogens is 243 g/mol. The predicted octanol–water partition coefficient (Wildman–Crippen LogP) is 3.34. The Morgan fingerprint density at radius 2 is 2.06 bits per heavy atom. The second-order valence-corrected chi connectivity index (χ2v) is 4.66. The summed E-state index contributed by atoms with van der Waals surface area (Å²) in [5, 5.41) is 1.20. The molecule has 0 aliphatic heterocycles. The van der Waals surface area contributed by atoms with Crippen LogP contribution in [0.15, 0.2) is 18.2 Å². The minimum Gasteiger partial charge on any atom is -0.329 e. The Bertz CT molecular complexity index is 342. The van der Waals surface area contributed by atoms with Gasteiger partial charge in [-0.3, -0.25) is 4.90 Å². The maximum absolute atomic E-state index is 6.20. The van der Waals surface area contributed by atoms with E-state index in [9.17, 15) is 0 Å². The highest BCUT2D eigenvalue weighted by molar-refractivity contribution is 6.42. The van der Waals surface area contributed by atoms with E-state index in [0.29, 0.717) is 16.6 Å². The average molecular weight is 261 g/mol. The van der Waals surface area contributed by atoms with Gasteiger partial charge in [-0.2, -0.15) is 0 Å². The molecule has 16 heavy (non-hydrogen) atoms. The number of rotatable bonds is 5. The molecule has 0 aliphatic carbocycles. The van der Waals surface area contributed by atoms with Gasteiger partial charge in [0.1, 0.15) is 0 Å². The molecule has 1 atom stereocenters. The van der Waals surface area contributed by atoms with E-state index in [1.807, 2.05) is 12.1 Å². The molecule has 1 rings (SSSR count). The number of hydrogen-bond donors (Lipinski definition) is 1. The zero-order valence-corrected chi connectivity index (χ0v) is 11.2. The fraction of sp³-hybridized carbons (Fsp3) is 0.500. The molecule has 0 spiro atoms. The number of likely N-dealkylation sites (N-methyl/N-ethyl adjacent to an activating group) is 1. The first-order chi connectivity index (χ1) is 7.61. The Balaban J connectivity index is 2.99. The summed E-state index contributed by atoms with van der Waals surface area (Å²) in [6.45, 7) is 3.67. The standard InChI is InChI=1S/C12H18Cl2N2/c1-3-7-16(2)11(8-15)9-5-4-6-10(13)12(9)14/h4-6,11H,3,7-8,15H2,1-2H3. The molecule has 0 aliphatic rings. The van der Waals surface area contributed by atoms with Crippen molar-refractivity contribution in [1.29, 1.82) is 0 Å². The Labute approximate surface area is 107 Å². The number of nitrogens with zero attached hydrogens (tertiary/aromatic N) is 1. The molecule has 4 heteroatoms. The highest BCUT2D eigenvalue weighted by atomic mass is 35.5. The first-order valence-electron chi connectivity index (χ1n) is 5.46. The molecule has 2 nitrogen and oxygen atoms in total. The second-order valence-electron chi connectivity index (χ2n) is 3.88. The third-order valence-electron chi connectivity index (χ3n) is 2.67. The van der Waals surface area contributed by atoms with Gasteiger partial charge in [0.25, 0.3) is 0 Å². The van der Waals surface area contributed by atoms with Gasteiger partial charge in [-0.05, 0) is 31.6 Å². The number of benzene rings is 1. The minimum absolute atomic E-state index is 0.131. The van der Waals surface area contributed by atoms with E-state index >= 15 is 0 Å². The highest BCUT2D eigenvalue weighted by Gasteiger charge is 2.18. The van der Waals surface area contributed by atoms with Gasteiger partial charge in [0.15, 0.2) is 0 Å². The average Bonchev–Trinajstić information content (AvgIpc) is 2.25. The molecule has 0 radical (unpaired) electrons. The molecule has 0 fully saturated rings. The quantitative estimate of drug-likeness (QED) is 0.880. The van der Waals surface area contributed by atoms with Crippen molar-refractivity contribution in [3.8, 4) is 0 Å². The molecule has 1 unspecified atom stereocenters. The van der Waals surface area contributed by atoms with Crippen LogP contribution in [0.5, 0.6) is 0 Å². The van der Waals surface area contributed by atoms with Crippen molar-refractivity contribution >= 4 is 23.2 Å². The molecule has 0 heterocycles. The van der Waals surface area contributed by atoms with Crippen molar-refractivity contribution in [3.05, 3.63) is 33.8 Å². The number of nitrogens with two attached hydrogens (primary N) is 1. The summed E-state index contributed by atoms with van der Waals surface area (Å²) in [5.41, 5.74) is 6.82. The normalized spacial score (nSPS) is 13.1. The summed E-state index contributed by atoms with van der Waals surface area (Å²) >= 11 is 12.2. The second kappa shape index (κ2) is 6.45. The number of halogens is 2. The van der Waals surface area contributed by atoms with Crippen molar-refractivity contribution in [3.63, 3.8) is 0 Å². The van der Waals surface area contributed by atoms with Crippen molar-refractivity contribution < 1.29 is 0 Å². The van der Waals surface area contributed by atoms with Gasteiger partial charge in [0, 0.05) is 12.6 Å². The van der Waals surface area contributed by atoms with Crippen molar-refractivity contribution in [1.82, 2.24) is 4.90 Å². The van der Waals surface area contributed by atoms with Crippen LogP contribution in [0.4, 0.5) is 0 Å². The summed E-state index contributed by atoms with van der Waals surface area (Å²) in [6.07, 6.45) is 1.09. The Hall–Kier alpha value is -0.280. The van der Waals surface area contributed by atoms with Gasteiger partial charge >= 0.3 is 0 Å². The lowest BCUT2D eigenvalue weighted by Gasteiger charge is -2.27. The summed E-state index contributed by atoms with van der Waals surface area (Å²) in [7, 11) is 2.05. The van der Waals surface area contributed by atoms with Gasteiger partial charge in [0.05, 0.1) is 10.0 Å². The van der Waals surface area contributed by atoms with Crippen LogP contribution in [-0.2, 0) is 0 Å². The van der Waals surface area contributed by atoms with E-state index in [2.05, 4.69) is 18.9 Å². The van der Waals surface area contributed by atoms with Crippen LogP contribution in [0.1, 0.15) is 24.9 Å². The van der Waals surface area contributed by atoms with Crippen molar-refractivity contribution in [2.45, 2.75) is 19.4 Å². The van der Waals surface area contributed by atoms with E-state index in [0.717, 1.165) is 18.5 Å². The maximum Gasteiger partial charge on any atom is 0.0640 e. The molecule has 0 saturated heterocycles. The Morgan fingerprint density at radius 3 is 2.62 bits per heavy atom. The first-order valence-corrected chi connectivity index (χ1v) is 6.21. The Morgan fingerprint density at radius 1 is 1.38 bits per heavy atom.